The highest BCUT2D eigenvalue weighted by Crippen LogP contribution is 2.21. The van der Waals surface area contributed by atoms with Gasteiger partial charge in [0.25, 0.3) is 0 Å². The van der Waals surface area contributed by atoms with E-state index in [0.29, 0.717) is 17.1 Å². The number of halogens is 1. The Labute approximate surface area is 176 Å². The van der Waals surface area contributed by atoms with Crippen molar-refractivity contribution in [2.75, 3.05) is 0 Å². The fourth-order valence-corrected chi connectivity index (χ4v) is 2.81. The first-order valence-electron chi connectivity index (χ1n) is 9.49. The molecule has 8 heteroatoms. The Kier molecular flexibility index (Phi) is 5.89. The van der Waals surface area contributed by atoms with Crippen molar-refractivity contribution in [2.24, 2.45) is 0 Å². The van der Waals surface area contributed by atoms with Gasteiger partial charge < -0.3 is 14.5 Å². The topological polar surface area (TPSA) is 86.4 Å². The normalized spacial score (nSPS) is 10.6. The van der Waals surface area contributed by atoms with Crippen molar-refractivity contribution in [3.63, 3.8) is 0 Å². The smallest absolute Gasteiger partial charge is 0.437 e. The van der Waals surface area contributed by atoms with Crippen LogP contribution in [-0.2, 0) is 17.9 Å². The van der Waals surface area contributed by atoms with Crippen LogP contribution in [0.25, 0.3) is 11.5 Å². The van der Waals surface area contributed by atoms with Gasteiger partial charge in [0, 0.05) is 12.1 Å². The fraction of sp³-hybridized carbons (Fsp3) is 0.0870. The summed E-state index contributed by atoms with van der Waals surface area (Å²) in [6, 6.07) is 21.8. The van der Waals surface area contributed by atoms with Crippen molar-refractivity contribution in [2.45, 2.75) is 13.1 Å². The predicted octanol–water partition coefficient (Wildman–Crippen LogP) is 3.75. The van der Waals surface area contributed by atoms with Crippen molar-refractivity contribution in [1.82, 2.24) is 15.1 Å². The first-order chi connectivity index (χ1) is 15.1. The maximum Gasteiger partial charge on any atom is 0.437 e. The quantitative estimate of drug-likeness (QED) is 0.493. The third kappa shape index (κ3) is 5.24. The summed E-state index contributed by atoms with van der Waals surface area (Å²) < 4.78 is 24.7. The van der Waals surface area contributed by atoms with E-state index in [2.05, 4.69) is 10.4 Å². The van der Waals surface area contributed by atoms with Crippen molar-refractivity contribution in [1.29, 1.82) is 0 Å². The molecule has 1 N–H and O–H groups in total. The Morgan fingerprint density at radius 1 is 0.968 bits per heavy atom. The molecule has 31 heavy (non-hydrogen) atoms. The highest BCUT2D eigenvalue weighted by Gasteiger charge is 2.13. The molecule has 0 aliphatic heterocycles. The number of nitrogens with one attached hydrogen (secondary N) is 1. The fourth-order valence-electron chi connectivity index (χ4n) is 2.81. The molecule has 1 heterocycles. The number of nitrogens with zero attached hydrogens (tertiary/aromatic N) is 2. The van der Waals surface area contributed by atoms with Gasteiger partial charge in [0.2, 0.25) is 11.8 Å². The summed E-state index contributed by atoms with van der Waals surface area (Å²) in [5.74, 6) is -0.129. The Morgan fingerprint density at radius 2 is 1.61 bits per heavy atom. The average Bonchev–Trinajstić information content (AvgIpc) is 3.15. The lowest BCUT2D eigenvalue weighted by Gasteiger charge is -2.08. The largest absolute Gasteiger partial charge is 0.457 e. The zero-order valence-electron chi connectivity index (χ0n) is 16.3. The van der Waals surface area contributed by atoms with E-state index >= 15 is 0 Å². The zero-order chi connectivity index (χ0) is 21.6. The standard InChI is InChI=1S/C23H18FN3O4/c24-18-8-12-20(13-9-18)30-19-10-6-16(7-11-19)14-25-21(28)15-27-23(29)31-22(26-27)17-4-2-1-3-5-17/h1-13H,14-15H2,(H,25,28). The van der Waals surface area contributed by atoms with Gasteiger partial charge in [-0.15, -0.1) is 5.10 Å². The van der Waals surface area contributed by atoms with Gasteiger partial charge in [-0.05, 0) is 54.1 Å². The molecule has 1 aromatic heterocycles. The molecule has 0 atom stereocenters. The number of aromatic nitrogens is 2. The zero-order valence-corrected chi connectivity index (χ0v) is 16.3. The molecular weight excluding hydrogens is 401 g/mol. The minimum Gasteiger partial charge on any atom is -0.457 e. The van der Waals surface area contributed by atoms with Crippen LogP contribution in [0, 0.1) is 5.82 Å². The van der Waals surface area contributed by atoms with Gasteiger partial charge in [-0.1, -0.05) is 30.3 Å². The van der Waals surface area contributed by atoms with Crippen molar-refractivity contribution >= 4 is 5.91 Å². The van der Waals surface area contributed by atoms with E-state index in [-0.39, 0.29) is 30.7 Å². The third-order valence-electron chi connectivity index (χ3n) is 4.38. The number of carbonyl (C=O) groups excluding carboxylic acids is 1. The Morgan fingerprint density at radius 3 is 2.29 bits per heavy atom. The number of benzene rings is 3. The van der Waals surface area contributed by atoms with Crippen LogP contribution >= 0.6 is 0 Å². The molecule has 0 unspecified atom stereocenters. The molecule has 4 aromatic rings. The second kappa shape index (κ2) is 9.08. The van der Waals surface area contributed by atoms with Crippen LogP contribution in [0.3, 0.4) is 0 Å². The summed E-state index contributed by atoms with van der Waals surface area (Å²) in [6.45, 7) is 0.0226. The first kappa shape index (κ1) is 20.1. The molecule has 0 aliphatic rings. The van der Waals surface area contributed by atoms with Gasteiger partial charge in [0.05, 0.1) is 0 Å². The summed E-state index contributed by atoms with van der Waals surface area (Å²) >= 11 is 0. The Balaban J connectivity index is 1.31. The van der Waals surface area contributed by atoms with Crippen LogP contribution in [0.15, 0.2) is 88.1 Å². The molecule has 4 rings (SSSR count). The number of hydrogen-bond donors (Lipinski definition) is 1. The van der Waals surface area contributed by atoms with Gasteiger partial charge in [0.1, 0.15) is 23.9 Å². The van der Waals surface area contributed by atoms with E-state index in [1.807, 2.05) is 6.07 Å². The van der Waals surface area contributed by atoms with Crippen LogP contribution in [0.4, 0.5) is 4.39 Å². The maximum atomic E-state index is 12.9. The number of ether oxygens (including phenoxy) is 1. The first-order valence-corrected chi connectivity index (χ1v) is 9.49. The second-order valence-electron chi connectivity index (χ2n) is 6.67. The van der Waals surface area contributed by atoms with Gasteiger partial charge in [-0.25, -0.2) is 9.18 Å². The lowest BCUT2D eigenvalue weighted by Crippen LogP contribution is -2.31. The highest BCUT2D eigenvalue weighted by molar-refractivity contribution is 5.75. The maximum absolute atomic E-state index is 12.9. The minimum atomic E-state index is -0.698. The number of amides is 1. The van der Waals surface area contributed by atoms with Crippen LogP contribution in [0.1, 0.15) is 5.56 Å². The molecule has 0 bridgehead atoms. The molecule has 0 spiro atoms. The van der Waals surface area contributed by atoms with E-state index in [0.717, 1.165) is 10.2 Å². The van der Waals surface area contributed by atoms with Crippen molar-refractivity contribution < 1.29 is 18.3 Å². The highest BCUT2D eigenvalue weighted by atomic mass is 19.1. The van der Waals surface area contributed by atoms with Crippen LogP contribution < -0.4 is 15.8 Å². The van der Waals surface area contributed by atoms with E-state index in [1.165, 1.54) is 12.1 Å². The molecule has 0 saturated heterocycles. The van der Waals surface area contributed by atoms with E-state index in [9.17, 15) is 14.0 Å². The molecule has 0 fully saturated rings. The monoisotopic (exact) mass is 419 g/mol. The molecule has 0 aliphatic carbocycles. The lowest BCUT2D eigenvalue weighted by molar-refractivity contribution is -0.122. The van der Waals surface area contributed by atoms with E-state index < -0.39 is 5.76 Å². The van der Waals surface area contributed by atoms with Crippen LogP contribution in [-0.4, -0.2) is 15.7 Å². The van der Waals surface area contributed by atoms with E-state index in [1.54, 1.807) is 60.7 Å². The molecule has 3 aromatic carbocycles. The number of hydrogen-bond acceptors (Lipinski definition) is 5. The molecule has 7 nitrogen and oxygen atoms in total. The van der Waals surface area contributed by atoms with E-state index in [4.69, 9.17) is 9.15 Å². The predicted molar refractivity (Wildman–Crippen MR) is 111 cm³/mol. The third-order valence-corrected chi connectivity index (χ3v) is 4.38. The van der Waals surface area contributed by atoms with Gasteiger partial charge in [-0.2, -0.15) is 4.68 Å². The van der Waals surface area contributed by atoms with Crippen LogP contribution in [0.5, 0.6) is 11.5 Å². The summed E-state index contributed by atoms with van der Waals surface area (Å²) in [5, 5.41) is 6.80. The molecular formula is C23H18FN3O4. The lowest BCUT2D eigenvalue weighted by atomic mass is 10.2. The summed E-state index contributed by atoms with van der Waals surface area (Å²) in [7, 11) is 0. The van der Waals surface area contributed by atoms with Gasteiger partial charge in [-0.3, -0.25) is 4.79 Å². The van der Waals surface area contributed by atoms with Crippen molar-refractivity contribution in [3.8, 4) is 23.0 Å². The molecule has 1 amide bonds. The SMILES string of the molecule is O=C(Cn1nc(-c2ccccc2)oc1=O)NCc1ccc(Oc2ccc(F)cc2)cc1. The summed E-state index contributed by atoms with van der Waals surface area (Å²) in [4.78, 5) is 24.2. The molecule has 0 saturated carbocycles. The van der Waals surface area contributed by atoms with Gasteiger partial charge in [0.15, 0.2) is 0 Å². The summed E-state index contributed by atoms with van der Waals surface area (Å²) in [6.07, 6.45) is 0. The Hall–Kier alpha value is -4.20. The Bertz CT molecular complexity index is 1220. The van der Waals surface area contributed by atoms with Crippen LogP contribution in [0.2, 0.25) is 0 Å². The summed E-state index contributed by atoms with van der Waals surface area (Å²) in [5.41, 5.74) is 1.50. The van der Waals surface area contributed by atoms with Crippen molar-refractivity contribution in [3.05, 3.63) is 101 Å². The molecule has 156 valence electrons. The number of rotatable bonds is 7. The minimum absolute atomic E-state index is 0.162. The number of carbonyl (C=O) groups is 1. The average molecular weight is 419 g/mol. The second-order valence-corrected chi connectivity index (χ2v) is 6.67. The molecule has 0 radical (unpaired) electrons. The van der Waals surface area contributed by atoms with Gasteiger partial charge >= 0.3 is 5.76 Å².